The van der Waals surface area contributed by atoms with Crippen molar-refractivity contribution in [3.63, 3.8) is 0 Å². The van der Waals surface area contributed by atoms with E-state index in [4.69, 9.17) is 11.6 Å². The first-order valence-electron chi connectivity index (χ1n) is 8.54. The van der Waals surface area contributed by atoms with Crippen LogP contribution >= 0.6 is 11.6 Å². The minimum absolute atomic E-state index is 0.0370. The molecule has 0 radical (unpaired) electrons. The van der Waals surface area contributed by atoms with Gasteiger partial charge in [-0.3, -0.25) is 0 Å². The molecule has 174 valence electrons. The van der Waals surface area contributed by atoms with Crippen molar-refractivity contribution in [2.24, 2.45) is 0 Å². The van der Waals surface area contributed by atoms with Crippen LogP contribution in [-0.2, 0) is 22.0 Å². The van der Waals surface area contributed by atoms with Gasteiger partial charge in [-0.1, -0.05) is 54.1 Å². The molecule has 0 aliphatic rings. The number of oxazole rings is 1. The van der Waals surface area contributed by atoms with Crippen LogP contribution in [0.3, 0.4) is 0 Å². The molecule has 3 rings (SSSR count). The van der Waals surface area contributed by atoms with Crippen molar-refractivity contribution in [3.8, 4) is 0 Å². The number of alkyl halides is 6. The molecule has 1 heterocycles. The summed E-state index contributed by atoms with van der Waals surface area (Å²) in [5.74, 6) is -2.19. The Bertz CT molecular complexity index is 1110. The van der Waals surface area contributed by atoms with Gasteiger partial charge in [0.1, 0.15) is 0 Å². The van der Waals surface area contributed by atoms with Crippen molar-refractivity contribution >= 4 is 21.7 Å². The molecule has 0 N–H and O–H groups in total. The highest BCUT2D eigenvalue weighted by Crippen LogP contribution is 2.35. The SMILES string of the molecule is FC(F)(F)c1occ[n+]1C(c1ccccc1)C(F)(F)F.O=S(=O)([O-])Cc1ccc(Cl)cc1. The molecule has 0 saturated carbocycles. The Hall–Kier alpha value is -2.57. The first kappa shape index (κ1) is 25.7. The van der Waals surface area contributed by atoms with Gasteiger partial charge >= 0.3 is 18.2 Å². The zero-order valence-corrected chi connectivity index (χ0v) is 17.3. The predicted octanol–water partition coefficient (Wildman–Crippen LogP) is 5.12. The normalized spacial score (nSPS) is 13.2. The van der Waals surface area contributed by atoms with E-state index in [9.17, 15) is 39.3 Å². The van der Waals surface area contributed by atoms with Crippen LogP contribution in [0, 0.1) is 0 Å². The van der Waals surface area contributed by atoms with Crippen LogP contribution in [0.5, 0.6) is 0 Å². The van der Waals surface area contributed by atoms with Crippen LogP contribution in [0.4, 0.5) is 26.3 Å². The first-order valence-corrected chi connectivity index (χ1v) is 10.5. The molecular weight excluding hydrogens is 488 g/mol. The van der Waals surface area contributed by atoms with Gasteiger partial charge in [0.15, 0.2) is 6.26 Å². The van der Waals surface area contributed by atoms with E-state index in [2.05, 4.69) is 4.42 Å². The smallest absolute Gasteiger partial charge is 0.517 e. The van der Waals surface area contributed by atoms with Crippen LogP contribution in [0.2, 0.25) is 5.02 Å². The lowest BCUT2D eigenvalue weighted by Gasteiger charge is -2.15. The van der Waals surface area contributed by atoms with Gasteiger partial charge in [-0.05, 0) is 17.7 Å². The Morgan fingerprint density at radius 3 is 2.00 bits per heavy atom. The van der Waals surface area contributed by atoms with E-state index in [1.807, 2.05) is 0 Å². The number of hydrogen-bond donors (Lipinski definition) is 0. The average molecular weight is 502 g/mol. The number of nitrogens with zero attached hydrogens (tertiary/aromatic N) is 1. The quantitative estimate of drug-likeness (QED) is 0.282. The highest BCUT2D eigenvalue weighted by molar-refractivity contribution is 7.84. The van der Waals surface area contributed by atoms with E-state index in [0.29, 0.717) is 23.0 Å². The second-order valence-corrected chi connectivity index (χ2v) is 8.14. The van der Waals surface area contributed by atoms with Crippen LogP contribution in [0.15, 0.2) is 71.5 Å². The zero-order valence-electron chi connectivity index (χ0n) is 15.8. The molecule has 0 bridgehead atoms. The molecule has 3 aromatic rings. The molecule has 0 amide bonds. The molecule has 1 atom stereocenters. The van der Waals surface area contributed by atoms with E-state index < -0.39 is 40.2 Å². The summed E-state index contributed by atoms with van der Waals surface area (Å²) in [7, 11) is -4.18. The second kappa shape index (κ2) is 9.92. The lowest BCUT2D eigenvalue weighted by atomic mass is 10.1. The minimum Gasteiger partial charge on any atom is -0.748 e. The van der Waals surface area contributed by atoms with Gasteiger partial charge in [-0.2, -0.15) is 26.3 Å². The molecule has 0 aliphatic carbocycles. The monoisotopic (exact) mass is 501 g/mol. The topological polar surface area (TPSA) is 74.2 Å². The molecule has 0 aliphatic heterocycles. The summed E-state index contributed by atoms with van der Waals surface area (Å²) in [5.41, 5.74) is 0.145. The van der Waals surface area contributed by atoms with Gasteiger partial charge in [0.25, 0.3) is 6.04 Å². The average Bonchev–Trinajstić information content (AvgIpc) is 3.12. The van der Waals surface area contributed by atoms with Gasteiger partial charge in [0.05, 0.1) is 15.9 Å². The van der Waals surface area contributed by atoms with Gasteiger partial charge in [-0.25, -0.2) is 8.42 Å². The Morgan fingerprint density at radius 2 is 1.53 bits per heavy atom. The van der Waals surface area contributed by atoms with Crippen molar-refractivity contribution in [1.29, 1.82) is 0 Å². The number of hydrogen-bond acceptors (Lipinski definition) is 4. The Kier molecular flexibility index (Phi) is 7.97. The second-order valence-electron chi connectivity index (χ2n) is 6.30. The molecule has 1 unspecified atom stereocenters. The van der Waals surface area contributed by atoms with Crippen molar-refractivity contribution in [3.05, 3.63) is 89.1 Å². The Morgan fingerprint density at radius 1 is 0.969 bits per heavy atom. The van der Waals surface area contributed by atoms with E-state index in [1.54, 1.807) is 12.1 Å². The van der Waals surface area contributed by atoms with Crippen molar-refractivity contribution < 1.29 is 48.3 Å². The Balaban J connectivity index is 0.000000258. The summed E-state index contributed by atoms with van der Waals surface area (Å²) < 4.78 is 112. The van der Waals surface area contributed by atoms with Crippen LogP contribution in [0.1, 0.15) is 23.1 Å². The zero-order chi connectivity index (χ0) is 24.2. The summed E-state index contributed by atoms with van der Waals surface area (Å²) in [6.45, 7) is 0. The first-order chi connectivity index (χ1) is 14.7. The Labute approximate surface area is 183 Å². The molecule has 0 saturated heterocycles. The predicted molar refractivity (Wildman–Crippen MR) is 99.4 cm³/mol. The third-order valence-electron chi connectivity index (χ3n) is 3.84. The number of benzene rings is 2. The lowest BCUT2D eigenvalue weighted by Crippen LogP contribution is -2.51. The molecule has 0 spiro atoms. The molecule has 0 fully saturated rings. The fraction of sp³-hybridized carbons (Fsp3) is 0.211. The van der Waals surface area contributed by atoms with E-state index in [-0.39, 0.29) is 10.1 Å². The van der Waals surface area contributed by atoms with Gasteiger partial charge in [0, 0.05) is 10.6 Å². The fourth-order valence-corrected chi connectivity index (χ4v) is 3.36. The summed E-state index contributed by atoms with van der Waals surface area (Å²) in [6, 6.07) is 9.99. The van der Waals surface area contributed by atoms with Crippen molar-refractivity contribution in [1.82, 2.24) is 0 Å². The fourth-order valence-electron chi connectivity index (χ4n) is 2.63. The maximum absolute atomic E-state index is 13.1. The van der Waals surface area contributed by atoms with Gasteiger partial charge in [-0.15, -0.1) is 4.57 Å². The highest BCUT2D eigenvalue weighted by atomic mass is 35.5. The molecule has 13 heteroatoms. The molecule has 2 aromatic carbocycles. The molecule has 1 aromatic heterocycles. The van der Waals surface area contributed by atoms with Gasteiger partial charge in [0.2, 0.25) is 6.20 Å². The summed E-state index contributed by atoms with van der Waals surface area (Å²) in [6.07, 6.45) is -8.71. The minimum atomic E-state index is -5.01. The maximum atomic E-state index is 13.1. The standard InChI is InChI=1S/C12H8F6NO.C7H7ClO3S/c13-11(14,15)9(8-4-2-1-3-5-8)19-6-7-20-10(19)12(16,17)18;8-7-3-1-6(2-4-7)5-12(9,10)11/h1-7,9H;1-4H,5H2,(H,9,10,11)/q+1;/p-1. The third kappa shape index (κ3) is 7.53. The molecular formula is C19H14ClF6NO4S. The van der Waals surface area contributed by atoms with E-state index in [1.165, 1.54) is 30.3 Å². The van der Waals surface area contributed by atoms with Crippen LogP contribution < -0.4 is 4.57 Å². The lowest BCUT2D eigenvalue weighted by molar-refractivity contribution is -0.756. The highest BCUT2D eigenvalue weighted by Gasteiger charge is 2.55. The number of aromatic nitrogens is 1. The van der Waals surface area contributed by atoms with Crippen LogP contribution in [-0.4, -0.2) is 19.1 Å². The number of halogens is 7. The van der Waals surface area contributed by atoms with Crippen molar-refractivity contribution in [2.75, 3.05) is 0 Å². The summed E-state index contributed by atoms with van der Waals surface area (Å²) >= 11 is 5.56. The van der Waals surface area contributed by atoms with Gasteiger partial charge < -0.3 is 8.97 Å². The molecule has 32 heavy (non-hydrogen) atoms. The largest absolute Gasteiger partial charge is 0.748 e. The molecule has 5 nitrogen and oxygen atoms in total. The van der Waals surface area contributed by atoms with E-state index >= 15 is 0 Å². The summed E-state index contributed by atoms with van der Waals surface area (Å²) in [4.78, 5) is 0. The summed E-state index contributed by atoms with van der Waals surface area (Å²) in [5, 5.41) is 0.516. The van der Waals surface area contributed by atoms with E-state index in [0.717, 1.165) is 12.1 Å². The van der Waals surface area contributed by atoms with Crippen LogP contribution in [0.25, 0.3) is 0 Å². The third-order valence-corrected chi connectivity index (χ3v) is 4.78. The van der Waals surface area contributed by atoms with Crippen molar-refractivity contribution in [2.45, 2.75) is 24.1 Å². The number of rotatable bonds is 4. The maximum Gasteiger partial charge on any atom is 0.517 e.